The van der Waals surface area contributed by atoms with Gasteiger partial charge in [0.2, 0.25) is 0 Å². The number of alkyl carbamates (subject to hydrolysis) is 1. The first-order valence-corrected chi connectivity index (χ1v) is 14.9. The molecule has 0 bridgehead atoms. The zero-order valence-corrected chi connectivity index (χ0v) is 26.0. The monoisotopic (exact) mass is 590 g/mol. The van der Waals surface area contributed by atoms with Gasteiger partial charge in [-0.05, 0) is 61.9 Å². The van der Waals surface area contributed by atoms with Crippen LogP contribution >= 0.6 is 0 Å². The fourth-order valence-electron chi connectivity index (χ4n) is 4.35. The first kappa shape index (κ1) is 33.5. The lowest BCUT2D eigenvalue weighted by atomic mass is 10.00. The summed E-state index contributed by atoms with van der Waals surface area (Å²) in [7, 11) is 0. The van der Waals surface area contributed by atoms with E-state index in [-0.39, 0.29) is 19.1 Å². The third-order valence-corrected chi connectivity index (χ3v) is 6.89. The summed E-state index contributed by atoms with van der Waals surface area (Å²) in [4.78, 5) is 27.5. The molecule has 8 nitrogen and oxygen atoms in total. The smallest absolute Gasteiger partial charge is 0.410 e. The number of amides is 2. The Morgan fingerprint density at radius 1 is 0.837 bits per heavy atom. The van der Waals surface area contributed by atoms with Crippen molar-refractivity contribution in [2.24, 2.45) is 5.92 Å². The van der Waals surface area contributed by atoms with Crippen LogP contribution in [0.5, 0.6) is 5.75 Å². The van der Waals surface area contributed by atoms with Gasteiger partial charge in [-0.3, -0.25) is 0 Å². The highest BCUT2D eigenvalue weighted by Gasteiger charge is 2.29. The van der Waals surface area contributed by atoms with Crippen LogP contribution in [0.2, 0.25) is 0 Å². The van der Waals surface area contributed by atoms with Gasteiger partial charge >= 0.3 is 12.2 Å². The van der Waals surface area contributed by atoms with Gasteiger partial charge in [-0.2, -0.15) is 0 Å². The van der Waals surface area contributed by atoms with Gasteiger partial charge in [0.25, 0.3) is 0 Å². The van der Waals surface area contributed by atoms with E-state index in [2.05, 4.69) is 12.2 Å². The Morgan fingerprint density at radius 2 is 1.42 bits per heavy atom. The van der Waals surface area contributed by atoms with Crippen LogP contribution in [0.3, 0.4) is 0 Å². The standard InChI is InChI=1S/C35H46N2O6/c1-6-26(2)22-37(34(40)42-25-29-15-11-8-12-16-29)23-32(38)31(36-33(39)43-35(3,4)5)21-27-17-19-30(20-18-27)41-24-28-13-9-7-10-14-28/h7-20,26,31-32,38H,6,21-25H2,1-5H3,(H,36,39)/t26-,31-,32+/m0/s1. The molecule has 0 unspecified atom stereocenters. The lowest BCUT2D eigenvalue weighted by molar-refractivity contribution is 0.0320. The van der Waals surface area contributed by atoms with Crippen LogP contribution in [0.1, 0.15) is 57.7 Å². The zero-order chi connectivity index (χ0) is 31.2. The SMILES string of the molecule is CC[C@H](C)CN(C[C@@H](O)[C@H](Cc1ccc(OCc2ccccc2)cc1)NC(=O)OC(C)(C)C)C(=O)OCc1ccccc1. The van der Waals surface area contributed by atoms with E-state index < -0.39 is 29.9 Å². The molecule has 232 valence electrons. The number of rotatable bonds is 14. The summed E-state index contributed by atoms with van der Waals surface area (Å²) < 4.78 is 17.0. The quantitative estimate of drug-likeness (QED) is 0.216. The van der Waals surface area contributed by atoms with Crippen molar-refractivity contribution in [3.63, 3.8) is 0 Å². The highest BCUT2D eigenvalue weighted by molar-refractivity contribution is 5.69. The predicted octanol–water partition coefficient (Wildman–Crippen LogP) is 6.75. The summed E-state index contributed by atoms with van der Waals surface area (Å²) in [6.45, 7) is 10.4. The average Bonchev–Trinajstić information content (AvgIpc) is 2.98. The molecule has 0 heterocycles. The van der Waals surface area contributed by atoms with E-state index in [0.29, 0.717) is 25.3 Å². The first-order chi connectivity index (χ1) is 20.5. The van der Waals surface area contributed by atoms with Crippen molar-refractivity contribution in [2.45, 2.75) is 78.4 Å². The van der Waals surface area contributed by atoms with Crippen LogP contribution in [0, 0.1) is 5.92 Å². The Balaban J connectivity index is 1.71. The number of ether oxygens (including phenoxy) is 3. The molecule has 0 saturated carbocycles. The Labute approximate surface area is 256 Å². The van der Waals surface area contributed by atoms with Crippen molar-refractivity contribution in [3.05, 3.63) is 102 Å². The number of nitrogens with one attached hydrogen (secondary N) is 1. The van der Waals surface area contributed by atoms with Crippen molar-refractivity contribution >= 4 is 12.2 Å². The highest BCUT2D eigenvalue weighted by atomic mass is 16.6. The molecule has 3 atom stereocenters. The fourth-order valence-corrected chi connectivity index (χ4v) is 4.35. The second-order valence-corrected chi connectivity index (χ2v) is 11.9. The summed E-state index contributed by atoms with van der Waals surface area (Å²) in [5.74, 6) is 0.905. The summed E-state index contributed by atoms with van der Waals surface area (Å²) in [5.41, 5.74) is 2.12. The van der Waals surface area contributed by atoms with Gasteiger partial charge in [0, 0.05) is 6.54 Å². The molecule has 2 N–H and O–H groups in total. The van der Waals surface area contributed by atoms with E-state index in [1.807, 2.05) is 91.9 Å². The van der Waals surface area contributed by atoms with Gasteiger partial charge in [0.05, 0.1) is 18.7 Å². The molecule has 3 aromatic rings. The lowest BCUT2D eigenvalue weighted by Crippen LogP contribution is -2.52. The molecule has 0 aromatic heterocycles. The number of aliphatic hydroxyl groups is 1. The molecule has 3 aromatic carbocycles. The molecule has 2 amide bonds. The number of carbonyl (C=O) groups is 2. The van der Waals surface area contributed by atoms with Crippen molar-refractivity contribution in [2.75, 3.05) is 13.1 Å². The van der Waals surface area contributed by atoms with E-state index >= 15 is 0 Å². The van der Waals surface area contributed by atoms with Gasteiger partial charge in [-0.15, -0.1) is 0 Å². The van der Waals surface area contributed by atoms with Gasteiger partial charge in [-0.25, -0.2) is 9.59 Å². The summed E-state index contributed by atoms with van der Waals surface area (Å²) in [6.07, 6.45) is -1.07. The highest BCUT2D eigenvalue weighted by Crippen LogP contribution is 2.18. The van der Waals surface area contributed by atoms with Crippen LogP contribution in [0.15, 0.2) is 84.9 Å². The van der Waals surface area contributed by atoms with Crippen molar-refractivity contribution < 1.29 is 28.9 Å². The molecule has 3 rings (SSSR count). The van der Waals surface area contributed by atoms with E-state index in [4.69, 9.17) is 14.2 Å². The molecule has 0 saturated heterocycles. The summed E-state index contributed by atoms with van der Waals surface area (Å²) in [5, 5.41) is 14.3. The van der Waals surface area contributed by atoms with Crippen molar-refractivity contribution in [3.8, 4) is 5.75 Å². The largest absolute Gasteiger partial charge is 0.489 e. The normalized spacial score (nSPS) is 13.3. The molecule has 0 spiro atoms. The summed E-state index contributed by atoms with van der Waals surface area (Å²) >= 11 is 0. The van der Waals surface area contributed by atoms with E-state index in [9.17, 15) is 14.7 Å². The van der Waals surface area contributed by atoms with E-state index in [1.54, 1.807) is 20.8 Å². The topological polar surface area (TPSA) is 97.3 Å². The lowest BCUT2D eigenvalue weighted by Gasteiger charge is -2.31. The van der Waals surface area contributed by atoms with Crippen LogP contribution in [0.4, 0.5) is 9.59 Å². The number of aliphatic hydroxyl groups excluding tert-OH is 1. The maximum Gasteiger partial charge on any atom is 0.410 e. The molecule has 0 aliphatic rings. The molecule has 0 aliphatic heterocycles. The van der Waals surface area contributed by atoms with Gasteiger partial charge in [0.15, 0.2) is 0 Å². The molecule has 0 aliphatic carbocycles. The number of nitrogens with zero attached hydrogens (tertiary/aromatic N) is 1. The minimum absolute atomic E-state index is 0.0172. The number of hydrogen-bond acceptors (Lipinski definition) is 6. The second kappa shape index (κ2) is 16.6. The minimum atomic E-state index is -1.09. The van der Waals surface area contributed by atoms with E-state index in [0.717, 1.165) is 23.1 Å². The average molecular weight is 591 g/mol. The predicted molar refractivity (Wildman–Crippen MR) is 168 cm³/mol. The second-order valence-electron chi connectivity index (χ2n) is 11.9. The third-order valence-electron chi connectivity index (χ3n) is 6.89. The first-order valence-electron chi connectivity index (χ1n) is 14.9. The maximum absolute atomic E-state index is 13.2. The molecule has 0 fully saturated rings. The van der Waals surface area contributed by atoms with Crippen LogP contribution in [-0.2, 0) is 29.1 Å². The number of carbonyl (C=O) groups excluding carboxylic acids is 2. The molecule has 0 radical (unpaired) electrons. The summed E-state index contributed by atoms with van der Waals surface area (Å²) in [6, 6.07) is 26.2. The maximum atomic E-state index is 13.2. The molecular weight excluding hydrogens is 544 g/mol. The Kier molecular flexibility index (Phi) is 12.9. The van der Waals surface area contributed by atoms with Crippen LogP contribution in [0.25, 0.3) is 0 Å². The third kappa shape index (κ3) is 12.4. The minimum Gasteiger partial charge on any atom is -0.489 e. The van der Waals surface area contributed by atoms with Crippen LogP contribution < -0.4 is 10.1 Å². The molecule has 8 heteroatoms. The van der Waals surface area contributed by atoms with Crippen molar-refractivity contribution in [1.29, 1.82) is 0 Å². The van der Waals surface area contributed by atoms with Gasteiger partial charge < -0.3 is 29.5 Å². The Hall–Kier alpha value is -4.04. The fraction of sp³-hybridized carbons (Fsp3) is 0.429. The number of benzene rings is 3. The number of hydrogen-bond donors (Lipinski definition) is 2. The van der Waals surface area contributed by atoms with Gasteiger partial charge in [0.1, 0.15) is 24.6 Å². The zero-order valence-electron chi connectivity index (χ0n) is 26.0. The van der Waals surface area contributed by atoms with Crippen LogP contribution in [-0.4, -0.2) is 53.0 Å². The van der Waals surface area contributed by atoms with Crippen molar-refractivity contribution in [1.82, 2.24) is 10.2 Å². The van der Waals surface area contributed by atoms with Gasteiger partial charge in [-0.1, -0.05) is 93.1 Å². The molecule has 43 heavy (non-hydrogen) atoms. The Bertz CT molecular complexity index is 1240. The molecular formula is C35H46N2O6. The Morgan fingerprint density at radius 3 is 1.98 bits per heavy atom. The van der Waals surface area contributed by atoms with E-state index in [1.165, 1.54) is 4.90 Å².